The molecule has 160 valence electrons. The molecule has 0 aliphatic rings. The number of hydrogen-bond donors (Lipinski definition) is 1. The molecular formula is C19H15ClF3NO4S2. The summed E-state index contributed by atoms with van der Waals surface area (Å²) in [6.45, 7) is 0. The van der Waals surface area contributed by atoms with Crippen molar-refractivity contribution in [1.82, 2.24) is 0 Å². The minimum atomic E-state index is -4.63. The quantitative estimate of drug-likeness (QED) is 0.529. The van der Waals surface area contributed by atoms with Gasteiger partial charge in [-0.2, -0.15) is 13.2 Å². The maximum atomic E-state index is 12.8. The number of para-hydroxylation sites is 1. The third kappa shape index (κ3) is 6.75. The fraction of sp³-hybridized carbons (Fsp3) is 0.0526. The van der Waals surface area contributed by atoms with Crippen LogP contribution in [0.25, 0.3) is 0 Å². The number of benzene rings is 3. The van der Waals surface area contributed by atoms with Gasteiger partial charge in [0, 0.05) is 10.7 Å². The lowest BCUT2D eigenvalue weighted by Crippen LogP contribution is -2.17. The van der Waals surface area contributed by atoms with Gasteiger partial charge in [0.15, 0.2) is 0 Å². The number of rotatable bonds is 4. The molecule has 1 N–H and O–H groups in total. The Hall–Kier alpha value is -2.56. The summed E-state index contributed by atoms with van der Waals surface area (Å²) in [4.78, 5) is 0.0358. The average molecular weight is 478 g/mol. The molecule has 0 unspecified atom stereocenters. The highest BCUT2D eigenvalue weighted by Crippen LogP contribution is 2.35. The monoisotopic (exact) mass is 477 g/mol. The summed E-state index contributed by atoms with van der Waals surface area (Å²) in [5, 5.41) is 0. The molecule has 0 aromatic heterocycles. The maximum absolute atomic E-state index is 12.8. The number of anilines is 1. The second-order valence-corrected chi connectivity index (χ2v) is 9.96. The highest BCUT2D eigenvalue weighted by atomic mass is 35.7. The van der Waals surface area contributed by atoms with E-state index >= 15 is 0 Å². The van der Waals surface area contributed by atoms with Crippen LogP contribution in [0.5, 0.6) is 0 Å². The molecule has 0 aliphatic carbocycles. The van der Waals surface area contributed by atoms with E-state index in [0.29, 0.717) is 0 Å². The van der Waals surface area contributed by atoms with Crippen LogP contribution in [0, 0.1) is 0 Å². The fourth-order valence-electron chi connectivity index (χ4n) is 2.21. The van der Waals surface area contributed by atoms with Gasteiger partial charge in [-0.3, -0.25) is 4.72 Å². The van der Waals surface area contributed by atoms with Crippen LogP contribution in [-0.4, -0.2) is 16.8 Å². The summed E-state index contributed by atoms with van der Waals surface area (Å²) in [7, 11) is -2.55. The fourth-order valence-corrected chi connectivity index (χ4v) is 4.10. The molecule has 0 aliphatic heterocycles. The molecule has 3 rings (SSSR count). The number of hydrogen-bond acceptors (Lipinski definition) is 4. The van der Waals surface area contributed by atoms with E-state index in [-0.39, 0.29) is 9.79 Å². The molecular weight excluding hydrogens is 463 g/mol. The van der Waals surface area contributed by atoms with Crippen molar-refractivity contribution < 1.29 is 30.0 Å². The first kappa shape index (κ1) is 23.7. The van der Waals surface area contributed by atoms with Gasteiger partial charge in [-0.1, -0.05) is 48.5 Å². The number of sulfonamides is 1. The van der Waals surface area contributed by atoms with E-state index in [4.69, 9.17) is 10.7 Å². The molecule has 0 spiro atoms. The zero-order valence-electron chi connectivity index (χ0n) is 15.0. The van der Waals surface area contributed by atoms with Crippen LogP contribution in [-0.2, 0) is 25.3 Å². The molecule has 0 heterocycles. The molecule has 0 fully saturated rings. The van der Waals surface area contributed by atoms with Gasteiger partial charge in [0.1, 0.15) is 0 Å². The minimum Gasteiger partial charge on any atom is -0.279 e. The lowest BCUT2D eigenvalue weighted by Gasteiger charge is -2.14. The Morgan fingerprint density at radius 2 is 1.10 bits per heavy atom. The summed E-state index contributed by atoms with van der Waals surface area (Å²) in [6.07, 6.45) is -4.63. The topological polar surface area (TPSA) is 80.3 Å². The van der Waals surface area contributed by atoms with Crippen LogP contribution in [0.15, 0.2) is 94.7 Å². The van der Waals surface area contributed by atoms with E-state index in [1.807, 2.05) is 4.72 Å². The number of alkyl halides is 3. The molecule has 0 atom stereocenters. The second kappa shape index (κ2) is 9.50. The van der Waals surface area contributed by atoms with E-state index in [0.717, 1.165) is 12.1 Å². The van der Waals surface area contributed by atoms with E-state index in [9.17, 15) is 30.0 Å². The van der Waals surface area contributed by atoms with Gasteiger partial charge in [0.2, 0.25) is 0 Å². The second-order valence-electron chi connectivity index (χ2n) is 5.71. The Labute approximate surface area is 176 Å². The summed E-state index contributed by atoms with van der Waals surface area (Å²) < 4.78 is 85.5. The molecule has 3 aromatic carbocycles. The van der Waals surface area contributed by atoms with Gasteiger partial charge in [-0.25, -0.2) is 16.8 Å². The average Bonchev–Trinajstić information content (AvgIpc) is 2.68. The van der Waals surface area contributed by atoms with Crippen LogP contribution in [0.3, 0.4) is 0 Å². The van der Waals surface area contributed by atoms with Crippen molar-refractivity contribution in [3.63, 3.8) is 0 Å². The summed E-state index contributed by atoms with van der Waals surface area (Å²) in [5.74, 6) is 0. The minimum absolute atomic E-state index is 0.100. The van der Waals surface area contributed by atoms with Crippen LogP contribution in [0.2, 0.25) is 0 Å². The molecule has 0 amide bonds. The van der Waals surface area contributed by atoms with Gasteiger partial charge >= 0.3 is 6.18 Å². The Kier molecular flexibility index (Phi) is 7.51. The molecule has 11 heteroatoms. The predicted molar refractivity (Wildman–Crippen MR) is 108 cm³/mol. The van der Waals surface area contributed by atoms with Crippen molar-refractivity contribution in [2.24, 2.45) is 0 Å². The number of halogens is 4. The predicted octanol–water partition coefficient (Wildman–Crippen LogP) is 5.12. The van der Waals surface area contributed by atoms with Crippen molar-refractivity contribution in [1.29, 1.82) is 0 Å². The van der Waals surface area contributed by atoms with E-state index in [2.05, 4.69) is 0 Å². The van der Waals surface area contributed by atoms with Gasteiger partial charge in [-0.15, -0.1) is 0 Å². The van der Waals surface area contributed by atoms with Crippen molar-refractivity contribution in [2.75, 3.05) is 4.72 Å². The molecule has 0 radical (unpaired) electrons. The third-order valence-electron chi connectivity index (χ3n) is 3.56. The largest absolute Gasteiger partial charge is 0.418 e. The first-order chi connectivity index (χ1) is 13.9. The first-order valence-electron chi connectivity index (χ1n) is 8.15. The SMILES string of the molecule is O=S(=O)(Cl)c1ccccc1.O=S(=O)(Nc1ccccc1C(F)(F)F)c1ccccc1. The smallest absolute Gasteiger partial charge is 0.279 e. The standard InChI is InChI=1S/C13H10F3NO2S.C6H5ClO2S/c14-13(15,16)11-8-4-5-9-12(11)17-20(18,19)10-6-2-1-3-7-10;7-10(8,9)6-4-2-1-3-5-6/h1-9,17H;1-5H. The Morgan fingerprint density at radius 1 is 0.667 bits per heavy atom. The highest BCUT2D eigenvalue weighted by Gasteiger charge is 2.34. The lowest BCUT2D eigenvalue weighted by atomic mass is 10.2. The van der Waals surface area contributed by atoms with Crippen molar-refractivity contribution in [3.8, 4) is 0 Å². The summed E-state index contributed by atoms with van der Waals surface area (Å²) in [5.41, 5.74) is -1.52. The van der Waals surface area contributed by atoms with Gasteiger partial charge in [0.25, 0.3) is 19.1 Å². The van der Waals surface area contributed by atoms with Crippen LogP contribution in [0.4, 0.5) is 18.9 Å². The van der Waals surface area contributed by atoms with Crippen molar-refractivity contribution >= 4 is 35.4 Å². The Bertz CT molecular complexity index is 1190. The van der Waals surface area contributed by atoms with E-state index in [1.54, 1.807) is 24.3 Å². The Morgan fingerprint density at radius 3 is 1.53 bits per heavy atom. The van der Waals surface area contributed by atoms with E-state index in [1.165, 1.54) is 48.5 Å². The normalized spacial score (nSPS) is 11.9. The molecule has 3 aromatic rings. The number of nitrogens with one attached hydrogen (secondary N) is 1. The molecule has 0 saturated heterocycles. The molecule has 0 bridgehead atoms. The van der Waals surface area contributed by atoms with Gasteiger partial charge in [0.05, 0.1) is 21.0 Å². The zero-order valence-corrected chi connectivity index (χ0v) is 17.4. The summed E-state index contributed by atoms with van der Waals surface area (Å²) in [6, 6.07) is 19.5. The van der Waals surface area contributed by atoms with Crippen molar-refractivity contribution in [3.05, 3.63) is 90.5 Å². The van der Waals surface area contributed by atoms with Crippen LogP contribution in [0.1, 0.15) is 5.56 Å². The van der Waals surface area contributed by atoms with Crippen molar-refractivity contribution in [2.45, 2.75) is 16.0 Å². The van der Waals surface area contributed by atoms with Crippen LogP contribution >= 0.6 is 10.7 Å². The zero-order chi connectivity index (χ0) is 22.4. The third-order valence-corrected chi connectivity index (χ3v) is 6.31. The molecule has 5 nitrogen and oxygen atoms in total. The molecule has 30 heavy (non-hydrogen) atoms. The van der Waals surface area contributed by atoms with E-state index < -0.39 is 36.5 Å². The lowest BCUT2D eigenvalue weighted by molar-refractivity contribution is -0.136. The maximum Gasteiger partial charge on any atom is 0.418 e. The van der Waals surface area contributed by atoms with Crippen LogP contribution < -0.4 is 4.72 Å². The highest BCUT2D eigenvalue weighted by molar-refractivity contribution is 8.13. The first-order valence-corrected chi connectivity index (χ1v) is 11.9. The van der Waals surface area contributed by atoms with Gasteiger partial charge in [-0.05, 0) is 36.4 Å². The molecule has 0 saturated carbocycles. The summed E-state index contributed by atoms with van der Waals surface area (Å²) >= 11 is 0. The van der Waals surface area contributed by atoms with Gasteiger partial charge < -0.3 is 0 Å². The Balaban J connectivity index is 0.000000269.